The van der Waals surface area contributed by atoms with Crippen molar-refractivity contribution in [1.82, 2.24) is 15.5 Å². The summed E-state index contributed by atoms with van der Waals surface area (Å²) in [5, 5.41) is 13.8. The van der Waals surface area contributed by atoms with Gasteiger partial charge in [-0.3, -0.25) is 15.0 Å². The fourth-order valence-corrected chi connectivity index (χ4v) is 2.05. The van der Waals surface area contributed by atoms with E-state index in [9.17, 15) is 9.59 Å². The van der Waals surface area contributed by atoms with Crippen LogP contribution in [0.3, 0.4) is 0 Å². The van der Waals surface area contributed by atoms with Crippen LogP contribution in [0.25, 0.3) is 0 Å². The van der Waals surface area contributed by atoms with Crippen molar-refractivity contribution in [2.75, 3.05) is 26.2 Å². The van der Waals surface area contributed by atoms with Crippen LogP contribution in [-0.4, -0.2) is 54.2 Å². The monoisotopic (exact) mass is 271 g/mol. The second-order valence-electron chi connectivity index (χ2n) is 4.94. The molecule has 6 heteroatoms. The number of aliphatic hydroxyl groups is 1. The fourth-order valence-electron chi connectivity index (χ4n) is 2.05. The van der Waals surface area contributed by atoms with E-state index in [1.54, 1.807) is 0 Å². The molecular weight excluding hydrogens is 246 g/mol. The molecule has 3 amide bonds. The molecule has 0 unspecified atom stereocenters. The first kappa shape index (κ1) is 15.9. The third-order valence-corrected chi connectivity index (χ3v) is 3.33. The maximum absolute atomic E-state index is 11.8. The van der Waals surface area contributed by atoms with Crippen molar-refractivity contribution < 1.29 is 14.7 Å². The van der Waals surface area contributed by atoms with Crippen molar-refractivity contribution in [2.45, 2.75) is 45.1 Å². The summed E-state index contributed by atoms with van der Waals surface area (Å²) in [5.41, 5.74) is 0. The lowest BCUT2D eigenvalue weighted by atomic mass is 9.91. The molecule has 0 bridgehead atoms. The van der Waals surface area contributed by atoms with E-state index in [2.05, 4.69) is 15.5 Å². The van der Waals surface area contributed by atoms with Crippen molar-refractivity contribution in [2.24, 2.45) is 0 Å². The number of nitrogens with one attached hydrogen (secondary N) is 2. The normalized spacial score (nSPS) is 15.1. The Bertz CT molecular complexity index is 293. The number of amides is 3. The van der Waals surface area contributed by atoms with Gasteiger partial charge in [-0.1, -0.05) is 13.3 Å². The van der Waals surface area contributed by atoms with E-state index in [0.29, 0.717) is 25.6 Å². The third kappa shape index (κ3) is 6.02. The van der Waals surface area contributed by atoms with E-state index in [0.717, 1.165) is 19.3 Å². The molecule has 3 N–H and O–H groups in total. The Morgan fingerprint density at radius 2 is 2.11 bits per heavy atom. The zero-order valence-corrected chi connectivity index (χ0v) is 11.7. The summed E-state index contributed by atoms with van der Waals surface area (Å²) < 4.78 is 0. The Kier molecular flexibility index (Phi) is 7.43. The number of urea groups is 1. The third-order valence-electron chi connectivity index (χ3n) is 3.33. The fraction of sp³-hybridized carbons (Fsp3) is 0.846. The number of rotatable bonds is 8. The lowest BCUT2D eigenvalue weighted by Gasteiger charge is -2.37. The largest absolute Gasteiger partial charge is 0.396 e. The smallest absolute Gasteiger partial charge is 0.321 e. The highest BCUT2D eigenvalue weighted by atomic mass is 16.3. The van der Waals surface area contributed by atoms with Gasteiger partial charge < -0.3 is 10.4 Å². The van der Waals surface area contributed by atoms with Crippen LogP contribution in [0.2, 0.25) is 0 Å². The van der Waals surface area contributed by atoms with Crippen molar-refractivity contribution in [1.29, 1.82) is 0 Å². The minimum atomic E-state index is -0.428. The number of carbonyl (C=O) groups is 2. The van der Waals surface area contributed by atoms with Gasteiger partial charge in [0.2, 0.25) is 5.91 Å². The molecule has 1 aliphatic carbocycles. The minimum absolute atomic E-state index is 0.127. The van der Waals surface area contributed by atoms with Gasteiger partial charge >= 0.3 is 6.03 Å². The highest BCUT2D eigenvalue weighted by molar-refractivity contribution is 5.95. The molecule has 1 rings (SSSR count). The van der Waals surface area contributed by atoms with Gasteiger partial charge in [0, 0.05) is 25.7 Å². The second-order valence-corrected chi connectivity index (χ2v) is 4.94. The van der Waals surface area contributed by atoms with Gasteiger partial charge in [0.15, 0.2) is 0 Å². The number of imide groups is 1. The van der Waals surface area contributed by atoms with Gasteiger partial charge in [0.05, 0.1) is 6.54 Å². The molecule has 1 saturated carbocycles. The molecule has 0 aromatic rings. The molecule has 0 aromatic heterocycles. The summed E-state index contributed by atoms with van der Waals surface area (Å²) in [7, 11) is 0. The number of aliphatic hydroxyl groups excluding tert-OH is 1. The average molecular weight is 271 g/mol. The topological polar surface area (TPSA) is 81.7 Å². The number of carbonyl (C=O) groups excluding carboxylic acids is 2. The maximum atomic E-state index is 11.8. The molecule has 0 spiro atoms. The molecule has 0 aliphatic heterocycles. The van der Waals surface area contributed by atoms with Crippen LogP contribution in [0.4, 0.5) is 4.79 Å². The summed E-state index contributed by atoms with van der Waals surface area (Å²) in [6.45, 7) is 3.57. The van der Waals surface area contributed by atoms with Crippen LogP contribution in [0.15, 0.2) is 0 Å². The quantitative estimate of drug-likeness (QED) is 0.599. The summed E-state index contributed by atoms with van der Waals surface area (Å²) in [6.07, 6.45) is 4.89. The van der Waals surface area contributed by atoms with Gasteiger partial charge in [-0.15, -0.1) is 0 Å². The predicted octanol–water partition coefficient (Wildman–Crippen LogP) is 0.459. The van der Waals surface area contributed by atoms with Crippen LogP contribution in [-0.2, 0) is 4.79 Å². The summed E-state index contributed by atoms with van der Waals surface area (Å²) >= 11 is 0. The number of hydrogen-bond acceptors (Lipinski definition) is 4. The SMILES string of the molecule is CCCNC(=O)NC(=O)CN(CCCO)C1CCC1. The summed E-state index contributed by atoms with van der Waals surface area (Å²) in [5.74, 6) is -0.279. The Morgan fingerprint density at radius 3 is 2.63 bits per heavy atom. The van der Waals surface area contributed by atoms with Crippen LogP contribution >= 0.6 is 0 Å². The zero-order valence-electron chi connectivity index (χ0n) is 11.7. The summed E-state index contributed by atoms with van der Waals surface area (Å²) in [6, 6.07) is -0.00132. The van der Waals surface area contributed by atoms with Gasteiger partial charge in [-0.2, -0.15) is 0 Å². The van der Waals surface area contributed by atoms with E-state index >= 15 is 0 Å². The first-order chi connectivity index (χ1) is 9.17. The highest BCUT2D eigenvalue weighted by Gasteiger charge is 2.26. The molecule has 0 atom stereocenters. The van der Waals surface area contributed by atoms with E-state index in [4.69, 9.17) is 5.11 Å². The first-order valence-corrected chi connectivity index (χ1v) is 7.10. The molecule has 0 saturated heterocycles. The van der Waals surface area contributed by atoms with Crippen molar-refractivity contribution in [3.8, 4) is 0 Å². The van der Waals surface area contributed by atoms with Crippen LogP contribution < -0.4 is 10.6 Å². The van der Waals surface area contributed by atoms with Gasteiger partial charge in [-0.05, 0) is 25.7 Å². The van der Waals surface area contributed by atoms with E-state index < -0.39 is 6.03 Å². The van der Waals surface area contributed by atoms with Gasteiger partial charge in [-0.25, -0.2) is 4.79 Å². The lowest BCUT2D eigenvalue weighted by Crippen LogP contribution is -2.49. The molecule has 1 fully saturated rings. The van der Waals surface area contributed by atoms with E-state index in [-0.39, 0.29) is 19.1 Å². The van der Waals surface area contributed by atoms with Gasteiger partial charge in [0.1, 0.15) is 0 Å². The highest BCUT2D eigenvalue weighted by Crippen LogP contribution is 2.24. The molecule has 0 radical (unpaired) electrons. The standard InChI is InChI=1S/C13H25N3O3/c1-2-7-14-13(19)15-12(18)10-16(8-4-9-17)11-5-3-6-11/h11,17H,2-10H2,1H3,(H2,14,15,18,19). The number of nitrogens with zero attached hydrogens (tertiary/aromatic N) is 1. The van der Waals surface area contributed by atoms with Crippen LogP contribution in [0, 0.1) is 0 Å². The average Bonchev–Trinajstić information content (AvgIpc) is 2.31. The Balaban J connectivity index is 2.31. The molecule has 0 heterocycles. The molecule has 1 aliphatic rings. The molecule has 110 valence electrons. The first-order valence-electron chi connectivity index (χ1n) is 7.10. The van der Waals surface area contributed by atoms with Crippen LogP contribution in [0.5, 0.6) is 0 Å². The molecular formula is C13H25N3O3. The van der Waals surface area contributed by atoms with E-state index in [1.165, 1.54) is 6.42 Å². The van der Waals surface area contributed by atoms with Crippen molar-refractivity contribution in [3.05, 3.63) is 0 Å². The number of hydrogen-bond donors (Lipinski definition) is 3. The van der Waals surface area contributed by atoms with Crippen molar-refractivity contribution >= 4 is 11.9 Å². The predicted molar refractivity (Wildman–Crippen MR) is 72.7 cm³/mol. The minimum Gasteiger partial charge on any atom is -0.396 e. The molecule has 6 nitrogen and oxygen atoms in total. The second kappa shape index (κ2) is 8.87. The van der Waals surface area contributed by atoms with Gasteiger partial charge in [0.25, 0.3) is 0 Å². The lowest BCUT2D eigenvalue weighted by molar-refractivity contribution is -0.122. The molecule has 19 heavy (non-hydrogen) atoms. The van der Waals surface area contributed by atoms with Crippen molar-refractivity contribution in [3.63, 3.8) is 0 Å². The van der Waals surface area contributed by atoms with Crippen LogP contribution in [0.1, 0.15) is 39.0 Å². The zero-order chi connectivity index (χ0) is 14.1. The van der Waals surface area contributed by atoms with E-state index in [1.807, 2.05) is 6.92 Å². The Morgan fingerprint density at radius 1 is 1.37 bits per heavy atom. The molecule has 0 aromatic carbocycles. The Labute approximate surface area is 114 Å². The Hall–Kier alpha value is -1.14. The maximum Gasteiger partial charge on any atom is 0.321 e. The summed E-state index contributed by atoms with van der Waals surface area (Å²) in [4.78, 5) is 25.2.